The predicted octanol–water partition coefficient (Wildman–Crippen LogP) is 2.92. The van der Waals surface area contributed by atoms with Gasteiger partial charge in [0.25, 0.3) is 0 Å². The molecular weight excluding hydrogens is 386 g/mol. The van der Waals surface area contributed by atoms with Crippen molar-refractivity contribution >= 4 is 16.7 Å². The van der Waals surface area contributed by atoms with Crippen molar-refractivity contribution < 1.29 is 0 Å². The van der Waals surface area contributed by atoms with Crippen LogP contribution in [0.2, 0.25) is 0 Å². The molecule has 1 aliphatic heterocycles. The van der Waals surface area contributed by atoms with Gasteiger partial charge in [0.1, 0.15) is 0 Å². The summed E-state index contributed by atoms with van der Waals surface area (Å²) < 4.78 is 0. The first kappa shape index (κ1) is 19.1. The fraction of sp³-hybridized carbons (Fsp3) is 0.167. The Morgan fingerprint density at radius 1 is 0.935 bits per heavy atom. The van der Waals surface area contributed by atoms with Gasteiger partial charge in [-0.1, -0.05) is 12.1 Å². The summed E-state index contributed by atoms with van der Waals surface area (Å²) in [7, 11) is 0. The van der Waals surface area contributed by atoms with Gasteiger partial charge in [-0.25, -0.2) is 9.97 Å². The van der Waals surface area contributed by atoms with E-state index in [0.717, 1.165) is 58.9 Å². The molecule has 2 aromatic carbocycles. The first-order valence-electron chi connectivity index (χ1n) is 10.2. The zero-order valence-electron chi connectivity index (χ0n) is 16.9. The molecule has 1 fully saturated rings. The second kappa shape index (κ2) is 8.11. The summed E-state index contributed by atoms with van der Waals surface area (Å²) in [6.07, 6.45) is 3.46. The number of nitriles is 1. The third-order valence-corrected chi connectivity index (χ3v) is 5.46. The first-order valence-corrected chi connectivity index (χ1v) is 10.2. The average molecular weight is 407 g/mol. The maximum absolute atomic E-state index is 9.14. The van der Waals surface area contributed by atoms with E-state index >= 15 is 0 Å². The van der Waals surface area contributed by atoms with Gasteiger partial charge in [-0.15, -0.1) is 0 Å². The molecule has 4 aromatic rings. The zero-order chi connectivity index (χ0) is 21.2. The normalized spacial score (nSPS) is 16.3. The van der Waals surface area contributed by atoms with Gasteiger partial charge in [0.05, 0.1) is 40.2 Å². The SMILES string of the molecule is N#Cc1ccc(-c2nc3cc(N4CCNC(N)C4)ccc3nc2-c2ccncc2)cc1. The number of hydrogen-bond acceptors (Lipinski definition) is 7. The van der Waals surface area contributed by atoms with Gasteiger partial charge in [-0.2, -0.15) is 5.26 Å². The van der Waals surface area contributed by atoms with Gasteiger partial charge in [-0.05, 0) is 42.5 Å². The lowest BCUT2D eigenvalue weighted by molar-refractivity contribution is 0.469. The van der Waals surface area contributed by atoms with Crippen molar-refractivity contribution in [2.75, 3.05) is 24.5 Å². The van der Waals surface area contributed by atoms with E-state index in [9.17, 15) is 0 Å². The van der Waals surface area contributed by atoms with Crippen molar-refractivity contribution in [2.45, 2.75) is 6.17 Å². The van der Waals surface area contributed by atoms with Crippen LogP contribution in [0.1, 0.15) is 5.56 Å². The van der Waals surface area contributed by atoms with Gasteiger partial charge < -0.3 is 10.6 Å². The number of pyridine rings is 1. The third kappa shape index (κ3) is 3.82. The second-order valence-electron chi connectivity index (χ2n) is 7.53. The van der Waals surface area contributed by atoms with Gasteiger partial charge >= 0.3 is 0 Å². The highest BCUT2D eigenvalue weighted by molar-refractivity contribution is 5.87. The van der Waals surface area contributed by atoms with Gasteiger partial charge in [0.2, 0.25) is 0 Å². The van der Waals surface area contributed by atoms with Crippen LogP contribution >= 0.6 is 0 Å². The molecule has 3 N–H and O–H groups in total. The van der Waals surface area contributed by atoms with E-state index in [2.05, 4.69) is 33.4 Å². The van der Waals surface area contributed by atoms with Crippen LogP contribution in [-0.2, 0) is 0 Å². The van der Waals surface area contributed by atoms with Gasteiger partial charge in [-0.3, -0.25) is 10.3 Å². The summed E-state index contributed by atoms with van der Waals surface area (Å²) in [5.74, 6) is 0. The lowest BCUT2D eigenvalue weighted by atomic mass is 10.0. The molecule has 0 bridgehead atoms. The van der Waals surface area contributed by atoms with E-state index < -0.39 is 0 Å². The highest BCUT2D eigenvalue weighted by atomic mass is 15.2. The number of piperazine rings is 1. The summed E-state index contributed by atoms with van der Waals surface area (Å²) in [4.78, 5) is 16.4. The third-order valence-electron chi connectivity index (χ3n) is 5.46. The van der Waals surface area contributed by atoms with Crippen molar-refractivity contribution in [1.82, 2.24) is 20.3 Å². The van der Waals surface area contributed by atoms with Crippen molar-refractivity contribution in [3.63, 3.8) is 0 Å². The molecule has 7 nitrogen and oxygen atoms in total. The van der Waals surface area contributed by atoms with Crippen LogP contribution in [0, 0.1) is 11.3 Å². The number of nitrogens with zero attached hydrogens (tertiary/aromatic N) is 5. The maximum Gasteiger partial charge on any atom is 0.0991 e. The second-order valence-corrected chi connectivity index (χ2v) is 7.53. The van der Waals surface area contributed by atoms with E-state index in [1.165, 1.54) is 0 Å². The Labute approximate surface area is 180 Å². The van der Waals surface area contributed by atoms with E-state index in [4.69, 9.17) is 21.0 Å². The fourth-order valence-electron chi connectivity index (χ4n) is 3.87. The molecule has 5 rings (SSSR count). The molecule has 1 unspecified atom stereocenters. The van der Waals surface area contributed by atoms with Crippen LogP contribution in [0.5, 0.6) is 0 Å². The molecule has 7 heteroatoms. The van der Waals surface area contributed by atoms with E-state index in [1.807, 2.05) is 30.3 Å². The minimum atomic E-state index is -0.0428. The van der Waals surface area contributed by atoms with E-state index in [0.29, 0.717) is 5.56 Å². The summed E-state index contributed by atoms with van der Waals surface area (Å²) in [6.45, 7) is 2.49. The Morgan fingerprint density at radius 2 is 1.65 bits per heavy atom. The van der Waals surface area contributed by atoms with Crippen molar-refractivity contribution in [1.29, 1.82) is 5.26 Å². The largest absolute Gasteiger partial charge is 0.367 e. The molecule has 2 aromatic heterocycles. The average Bonchev–Trinajstić information content (AvgIpc) is 2.83. The lowest BCUT2D eigenvalue weighted by Crippen LogP contribution is -2.55. The van der Waals surface area contributed by atoms with E-state index in [1.54, 1.807) is 24.5 Å². The molecule has 0 saturated carbocycles. The summed E-state index contributed by atoms with van der Waals surface area (Å²) >= 11 is 0. The summed E-state index contributed by atoms with van der Waals surface area (Å²) in [6, 6.07) is 19.6. The molecule has 1 saturated heterocycles. The molecule has 0 aliphatic carbocycles. The standard InChI is InChI=1S/C24H21N7/c25-14-16-1-3-17(4-2-16)23-24(18-7-9-27-10-8-18)29-20-6-5-19(13-21(20)30-23)31-12-11-28-22(26)15-31/h1-10,13,22,28H,11-12,15,26H2. The minimum Gasteiger partial charge on any atom is -0.367 e. The number of aromatic nitrogens is 3. The van der Waals surface area contributed by atoms with Crippen LogP contribution in [-0.4, -0.2) is 40.8 Å². The number of nitrogens with one attached hydrogen (secondary N) is 1. The van der Waals surface area contributed by atoms with Crippen molar-refractivity contribution in [2.24, 2.45) is 5.73 Å². The Kier molecular flexibility index (Phi) is 5.00. The smallest absolute Gasteiger partial charge is 0.0991 e. The fourth-order valence-corrected chi connectivity index (χ4v) is 3.87. The summed E-state index contributed by atoms with van der Waals surface area (Å²) in [5, 5.41) is 12.4. The number of fused-ring (bicyclic) bond motifs is 1. The van der Waals surface area contributed by atoms with Gasteiger partial charge in [0, 0.05) is 48.8 Å². The van der Waals surface area contributed by atoms with Crippen LogP contribution in [0.3, 0.4) is 0 Å². The highest BCUT2D eigenvalue weighted by Crippen LogP contribution is 2.32. The minimum absolute atomic E-state index is 0.0428. The van der Waals surface area contributed by atoms with E-state index in [-0.39, 0.29) is 6.17 Å². The maximum atomic E-state index is 9.14. The highest BCUT2D eigenvalue weighted by Gasteiger charge is 2.18. The van der Waals surface area contributed by atoms with Crippen LogP contribution in [0.25, 0.3) is 33.5 Å². The monoisotopic (exact) mass is 407 g/mol. The molecule has 1 atom stereocenters. The Bertz CT molecular complexity index is 1260. The van der Waals surface area contributed by atoms with Crippen LogP contribution in [0.4, 0.5) is 5.69 Å². The molecule has 31 heavy (non-hydrogen) atoms. The summed E-state index contributed by atoms with van der Waals surface area (Å²) in [5.41, 5.74) is 12.8. The van der Waals surface area contributed by atoms with Crippen molar-refractivity contribution in [3.8, 4) is 28.6 Å². The zero-order valence-corrected chi connectivity index (χ0v) is 16.9. The number of benzene rings is 2. The van der Waals surface area contributed by atoms with Gasteiger partial charge in [0.15, 0.2) is 0 Å². The molecule has 152 valence electrons. The number of rotatable bonds is 3. The molecular formula is C24H21N7. The lowest BCUT2D eigenvalue weighted by Gasteiger charge is -2.33. The topological polar surface area (TPSA) is 104 Å². The van der Waals surface area contributed by atoms with Crippen LogP contribution < -0.4 is 16.0 Å². The Hall–Kier alpha value is -3.86. The molecule has 0 radical (unpaired) electrons. The quantitative estimate of drug-likeness (QED) is 0.538. The Balaban J connectivity index is 1.66. The Morgan fingerprint density at radius 3 is 2.35 bits per heavy atom. The predicted molar refractivity (Wildman–Crippen MR) is 121 cm³/mol. The number of nitrogens with two attached hydrogens (primary N) is 1. The van der Waals surface area contributed by atoms with Crippen LogP contribution in [0.15, 0.2) is 67.0 Å². The number of hydrogen-bond donors (Lipinski definition) is 2. The molecule has 1 aliphatic rings. The molecule has 0 spiro atoms. The van der Waals surface area contributed by atoms with Crippen molar-refractivity contribution in [3.05, 3.63) is 72.6 Å². The first-order chi connectivity index (χ1) is 15.2. The molecule has 0 amide bonds. The molecule has 3 heterocycles. The number of anilines is 1.